The van der Waals surface area contributed by atoms with Crippen LogP contribution in [0.5, 0.6) is 5.75 Å². The molecule has 63 heavy (non-hydrogen) atoms. The summed E-state index contributed by atoms with van der Waals surface area (Å²) < 4.78 is 7.93. The summed E-state index contributed by atoms with van der Waals surface area (Å²) in [7, 11) is 5.27. The Balaban J connectivity index is 1.33. The van der Waals surface area contributed by atoms with Gasteiger partial charge in [-0.2, -0.15) is 5.43 Å². The van der Waals surface area contributed by atoms with Gasteiger partial charge < -0.3 is 24.6 Å². The van der Waals surface area contributed by atoms with Gasteiger partial charge in [0.05, 0.1) is 23.2 Å². The summed E-state index contributed by atoms with van der Waals surface area (Å²) in [5.74, 6) is -1.18. The molecule has 5 atom stereocenters. The maximum Gasteiger partial charge on any atom is 0.326 e. The van der Waals surface area contributed by atoms with Gasteiger partial charge >= 0.3 is 6.17 Å². The zero-order valence-electron chi connectivity index (χ0n) is 38.3. The Morgan fingerprint density at radius 3 is 2.60 bits per heavy atom. The zero-order chi connectivity index (χ0) is 45.3. The van der Waals surface area contributed by atoms with Gasteiger partial charge in [0.25, 0.3) is 5.91 Å². The highest BCUT2D eigenvalue weighted by Crippen LogP contribution is 2.41. The Hall–Kier alpha value is -5.38. The highest BCUT2D eigenvalue weighted by atomic mass is 16.8. The third-order valence-electron chi connectivity index (χ3n) is 13.1. The van der Waals surface area contributed by atoms with Gasteiger partial charge in [0.2, 0.25) is 16.7 Å². The lowest BCUT2D eigenvalue weighted by atomic mass is 9.84. The molecule has 2 saturated heterocycles. The molecule has 1 unspecified atom stereocenters. The van der Waals surface area contributed by atoms with E-state index >= 15 is 0 Å². The van der Waals surface area contributed by atoms with Gasteiger partial charge in [-0.15, -0.1) is 0 Å². The van der Waals surface area contributed by atoms with E-state index < -0.39 is 35.5 Å². The van der Waals surface area contributed by atoms with Crippen LogP contribution in [0.15, 0.2) is 54.9 Å². The smallest absolute Gasteiger partial charge is 0.326 e. The fourth-order valence-corrected chi connectivity index (χ4v) is 9.95. The summed E-state index contributed by atoms with van der Waals surface area (Å²) in [6.45, 7) is 14.3. The van der Waals surface area contributed by atoms with E-state index in [1.807, 2.05) is 50.2 Å². The molecule has 3 aliphatic heterocycles. The number of carbonyl (C=O) groups excluding carboxylic acids is 3. The fourth-order valence-electron chi connectivity index (χ4n) is 9.95. The number of carbonyl (C=O) groups is 3. The Labute approximate surface area is 370 Å². The number of ether oxygens (including phenoxy) is 1. The number of phenolic OH excluding ortho intramolecular Hbond substituents is 1. The van der Waals surface area contributed by atoms with Crippen molar-refractivity contribution in [3.8, 4) is 28.1 Å². The number of aromatic hydroxyl groups is 1. The first-order valence-electron chi connectivity index (χ1n) is 22.4. The van der Waals surface area contributed by atoms with Gasteiger partial charge in [0.15, 0.2) is 6.61 Å². The molecule has 15 heteroatoms. The molecule has 7 rings (SSSR count). The van der Waals surface area contributed by atoms with Crippen LogP contribution in [-0.4, -0.2) is 117 Å². The number of hydrogen-bond acceptors (Lipinski definition) is 10. The molecule has 2 aromatic heterocycles. The number of hydrazine groups is 1. The topological polar surface area (TPSA) is 162 Å². The molecule has 0 saturated carbocycles. The van der Waals surface area contributed by atoms with Gasteiger partial charge in [-0.1, -0.05) is 46.8 Å². The van der Waals surface area contributed by atoms with Crippen molar-refractivity contribution in [3.63, 3.8) is 0 Å². The number of benzene rings is 2. The minimum absolute atomic E-state index is 0.0118. The number of likely N-dealkylation sites (N-methyl/N-ethyl adjacent to an activating group) is 2. The average Bonchev–Trinajstić information content (AvgIpc) is 3.75. The van der Waals surface area contributed by atoms with Crippen molar-refractivity contribution in [2.24, 2.45) is 17.3 Å². The molecule has 0 radical (unpaired) electrons. The fraction of sp³-hybridized carbons (Fsp3) is 0.542. The first kappa shape index (κ1) is 45.6. The molecular weight excluding hydrogens is 801 g/mol. The number of likely N-dealkylation sites (tertiary alicyclic amines) is 1. The molecule has 5 heterocycles. The quantitative estimate of drug-likeness (QED) is 0.187. The number of aromatic nitrogens is 2. The largest absolute Gasteiger partial charge is 0.508 e. The number of nitrogens with zero attached hydrogens (tertiary/aromatic N) is 6. The first-order valence-corrected chi connectivity index (χ1v) is 22.4. The van der Waals surface area contributed by atoms with Crippen LogP contribution in [0.1, 0.15) is 77.5 Å². The Bertz CT molecular complexity index is 2350. The highest BCUT2D eigenvalue weighted by Gasteiger charge is 2.43. The van der Waals surface area contributed by atoms with E-state index in [0.717, 1.165) is 57.4 Å². The average molecular weight is 866 g/mol. The number of rotatable bonds is 9. The van der Waals surface area contributed by atoms with Crippen molar-refractivity contribution in [3.05, 3.63) is 76.5 Å². The third-order valence-corrected chi connectivity index (χ3v) is 13.1. The molecule has 2 aromatic carbocycles. The number of nitrogens with one attached hydrogen (secondary N) is 2. The zero-order valence-corrected chi connectivity index (χ0v) is 38.3. The van der Waals surface area contributed by atoms with Crippen LogP contribution < -0.4 is 10.7 Å². The van der Waals surface area contributed by atoms with E-state index in [1.165, 1.54) is 9.91 Å². The van der Waals surface area contributed by atoms with E-state index in [0.29, 0.717) is 49.4 Å². The van der Waals surface area contributed by atoms with Crippen LogP contribution in [-0.2, 0) is 50.0 Å². The van der Waals surface area contributed by atoms with Crippen molar-refractivity contribution in [1.29, 1.82) is 0 Å². The second kappa shape index (κ2) is 18.8. The summed E-state index contributed by atoms with van der Waals surface area (Å²) in [5, 5.41) is 16.7. The van der Waals surface area contributed by atoms with E-state index in [9.17, 15) is 24.4 Å². The standard InChI is InChI=1S/C48H64N8O7/c1-10-54-40-14-13-32-24-36(40)37(44(54)38-26-49-17-15-33(38)27-62-9)25-48(5,6)28-63-56(61)41-12-11-18-55(51-41)46(59)39(22-31-20-34(32)23-35(57)21-31)50-45(58)42(29(2)3)53(8)47(60)43-30(4)16-19-52(43)7/h13-15,17,20-21,23-24,26,29-30,39,41-43,51H,10-12,16,18-19,22,25,27-28H2,1-9H3,(H-,50,57,58)/p+1/t30?,39-,41+,42-,43+/m0/s1. The Morgan fingerprint density at radius 2 is 1.90 bits per heavy atom. The van der Waals surface area contributed by atoms with Gasteiger partial charge in [0, 0.05) is 74.4 Å². The molecule has 3 aliphatic rings. The first-order chi connectivity index (χ1) is 30.0. The molecule has 3 N–H and O–H groups in total. The molecule has 2 fully saturated rings. The minimum atomic E-state index is -1.12. The predicted octanol–water partition coefficient (Wildman–Crippen LogP) is 5.84. The normalized spacial score (nSPS) is 22.5. The molecule has 3 amide bonds. The predicted molar refractivity (Wildman–Crippen MR) is 241 cm³/mol. The highest BCUT2D eigenvalue weighted by molar-refractivity contribution is 5.96. The summed E-state index contributed by atoms with van der Waals surface area (Å²) in [6, 6.07) is 11.2. The second-order valence-corrected chi connectivity index (χ2v) is 18.9. The number of amides is 3. The van der Waals surface area contributed by atoms with Crippen LogP contribution in [0.25, 0.3) is 33.3 Å². The number of pyridine rings is 1. The van der Waals surface area contributed by atoms with Crippen molar-refractivity contribution < 1.29 is 34.0 Å². The van der Waals surface area contributed by atoms with E-state index in [1.54, 1.807) is 32.5 Å². The van der Waals surface area contributed by atoms with Crippen molar-refractivity contribution in [2.45, 2.75) is 111 Å². The number of hydrogen-bond donors (Lipinski definition) is 3. The van der Waals surface area contributed by atoms with Crippen LogP contribution in [0, 0.1) is 22.2 Å². The summed E-state index contributed by atoms with van der Waals surface area (Å²) in [5.41, 5.74) is 9.83. The van der Waals surface area contributed by atoms with Crippen LogP contribution >= 0.6 is 0 Å². The maximum absolute atomic E-state index is 14.7. The van der Waals surface area contributed by atoms with Crippen molar-refractivity contribution in [1.82, 2.24) is 35.1 Å². The van der Waals surface area contributed by atoms with Crippen molar-refractivity contribution in [2.75, 3.05) is 40.9 Å². The SMILES string of the molecule is CCn1c(-c2cnccc2COC)c2c3cc(ccc31)-c1cc(O)cc(c1)C[C@H](NC(=O)[C@H](C(C)C)N(C)C(=O)[C@H]1C(C)CCN1C)C(=O)N1CCC[C@H](N1)[N+](=O)OCC(C)(C)C2. The third kappa shape index (κ3) is 9.46. The molecular formula is C48H65N8O7+. The van der Waals surface area contributed by atoms with Gasteiger partial charge in [-0.25, -0.2) is 4.84 Å². The summed E-state index contributed by atoms with van der Waals surface area (Å²) in [6.07, 6.45) is 5.19. The van der Waals surface area contributed by atoms with Crippen LogP contribution in [0.3, 0.4) is 0 Å². The van der Waals surface area contributed by atoms with Gasteiger partial charge in [-0.3, -0.25) is 29.3 Å². The molecule has 0 spiro atoms. The lowest BCUT2D eigenvalue weighted by Gasteiger charge is -2.36. The van der Waals surface area contributed by atoms with Crippen LogP contribution in [0.2, 0.25) is 0 Å². The Kier molecular flexibility index (Phi) is 13.6. The summed E-state index contributed by atoms with van der Waals surface area (Å²) in [4.78, 5) is 71.6. The maximum atomic E-state index is 14.7. The van der Waals surface area contributed by atoms with E-state index in [2.05, 4.69) is 60.1 Å². The second-order valence-electron chi connectivity index (χ2n) is 18.9. The van der Waals surface area contributed by atoms with Gasteiger partial charge in [-0.05, 0) is 110 Å². The monoisotopic (exact) mass is 865 g/mol. The minimum Gasteiger partial charge on any atom is -0.508 e. The lowest BCUT2D eigenvalue weighted by Crippen LogP contribution is -2.62. The van der Waals surface area contributed by atoms with E-state index in [-0.39, 0.29) is 42.6 Å². The van der Waals surface area contributed by atoms with E-state index in [4.69, 9.17) is 9.57 Å². The molecule has 4 aromatic rings. The van der Waals surface area contributed by atoms with Crippen molar-refractivity contribution >= 4 is 28.6 Å². The summed E-state index contributed by atoms with van der Waals surface area (Å²) >= 11 is 0. The Morgan fingerprint density at radius 1 is 1.13 bits per heavy atom. The number of phenols is 1. The molecule has 6 bridgehead atoms. The molecule has 15 nitrogen and oxygen atoms in total. The molecule has 0 aliphatic carbocycles. The number of methoxy groups -OCH3 is 1. The lowest BCUT2D eigenvalue weighted by molar-refractivity contribution is -0.835. The number of aryl methyl sites for hydroxylation is 1. The van der Waals surface area contributed by atoms with Gasteiger partial charge in [0.1, 0.15) is 17.8 Å². The van der Waals surface area contributed by atoms with Crippen LogP contribution in [0.4, 0.5) is 0 Å². The molecule has 338 valence electrons. The number of fused-ring (bicyclic) bond motifs is 6.